The average molecular weight is 437 g/mol. The quantitative estimate of drug-likeness (QED) is 0.462. The lowest BCUT2D eigenvalue weighted by Gasteiger charge is -2.12. The molecule has 2 aromatic carbocycles. The SMILES string of the molecule is COc1cc([N+](=O)[O-])ccc1NC(=O)c1ccc(OCCC(C)C)c(Br)c1. The molecule has 0 aliphatic rings. The molecule has 0 heterocycles. The molecule has 0 unspecified atom stereocenters. The lowest BCUT2D eigenvalue weighted by atomic mass is 10.1. The normalized spacial score (nSPS) is 10.6. The topological polar surface area (TPSA) is 90.7 Å². The number of methoxy groups -OCH3 is 1. The van der Waals surface area contributed by atoms with Gasteiger partial charge in [-0.1, -0.05) is 13.8 Å². The summed E-state index contributed by atoms with van der Waals surface area (Å²) >= 11 is 3.42. The third-order valence-corrected chi connectivity index (χ3v) is 4.41. The molecule has 0 aliphatic carbocycles. The van der Waals surface area contributed by atoms with E-state index in [9.17, 15) is 14.9 Å². The number of hydrogen-bond acceptors (Lipinski definition) is 5. The highest BCUT2D eigenvalue weighted by Crippen LogP contribution is 2.30. The van der Waals surface area contributed by atoms with Crippen molar-refractivity contribution >= 4 is 33.2 Å². The van der Waals surface area contributed by atoms with Crippen LogP contribution >= 0.6 is 15.9 Å². The van der Waals surface area contributed by atoms with Gasteiger partial charge in [-0.3, -0.25) is 14.9 Å². The van der Waals surface area contributed by atoms with Crippen molar-refractivity contribution in [3.8, 4) is 11.5 Å². The molecule has 0 aromatic heterocycles. The van der Waals surface area contributed by atoms with E-state index in [0.29, 0.717) is 34.0 Å². The molecule has 144 valence electrons. The number of nitro groups is 1. The van der Waals surface area contributed by atoms with Gasteiger partial charge >= 0.3 is 0 Å². The summed E-state index contributed by atoms with van der Waals surface area (Å²) < 4.78 is 11.5. The molecule has 2 rings (SSSR count). The number of non-ortho nitro benzene ring substituents is 1. The smallest absolute Gasteiger partial charge is 0.273 e. The van der Waals surface area contributed by atoms with Gasteiger partial charge in [-0.2, -0.15) is 0 Å². The molecule has 0 bridgehead atoms. The highest BCUT2D eigenvalue weighted by atomic mass is 79.9. The maximum Gasteiger partial charge on any atom is 0.273 e. The highest BCUT2D eigenvalue weighted by Gasteiger charge is 2.15. The van der Waals surface area contributed by atoms with Crippen molar-refractivity contribution in [1.29, 1.82) is 0 Å². The molecule has 1 amide bonds. The number of nitrogens with zero attached hydrogens (tertiary/aromatic N) is 1. The van der Waals surface area contributed by atoms with Gasteiger partial charge in [0.05, 0.1) is 34.9 Å². The number of nitro benzene ring substituents is 1. The molecule has 27 heavy (non-hydrogen) atoms. The number of carbonyl (C=O) groups excluding carboxylic acids is 1. The molecule has 2 aromatic rings. The van der Waals surface area contributed by atoms with Gasteiger partial charge in [0, 0.05) is 11.6 Å². The standard InChI is InChI=1S/C19H21BrN2O5/c1-12(2)8-9-27-17-7-4-13(10-15(17)20)19(23)21-16-6-5-14(22(24)25)11-18(16)26-3/h4-7,10-12H,8-9H2,1-3H3,(H,21,23). The molecule has 0 fully saturated rings. The van der Waals surface area contributed by atoms with Crippen LogP contribution in [-0.4, -0.2) is 24.5 Å². The van der Waals surface area contributed by atoms with E-state index in [1.165, 1.54) is 25.3 Å². The minimum atomic E-state index is -0.525. The first-order valence-electron chi connectivity index (χ1n) is 8.38. The minimum absolute atomic E-state index is 0.115. The van der Waals surface area contributed by atoms with Crippen LogP contribution in [-0.2, 0) is 0 Å². The van der Waals surface area contributed by atoms with E-state index in [4.69, 9.17) is 9.47 Å². The van der Waals surface area contributed by atoms with E-state index in [1.807, 2.05) is 0 Å². The van der Waals surface area contributed by atoms with Gasteiger partial charge < -0.3 is 14.8 Å². The third-order valence-electron chi connectivity index (χ3n) is 3.79. The fourth-order valence-electron chi connectivity index (χ4n) is 2.25. The Labute approximate surface area is 166 Å². The number of nitrogens with one attached hydrogen (secondary N) is 1. The van der Waals surface area contributed by atoms with Crippen LogP contribution in [0.25, 0.3) is 0 Å². The number of amides is 1. The fourth-order valence-corrected chi connectivity index (χ4v) is 2.75. The Bertz CT molecular complexity index is 839. The molecule has 0 atom stereocenters. The summed E-state index contributed by atoms with van der Waals surface area (Å²) in [6.07, 6.45) is 0.939. The van der Waals surface area contributed by atoms with Crippen molar-refractivity contribution in [2.24, 2.45) is 5.92 Å². The van der Waals surface area contributed by atoms with Gasteiger partial charge in [0.2, 0.25) is 0 Å². The zero-order chi connectivity index (χ0) is 20.0. The summed E-state index contributed by atoms with van der Waals surface area (Å²) in [5.41, 5.74) is 0.649. The summed E-state index contributed by atoms with van der Waals surface area (Å²) in [6.45, 7) is 4.85. The highest BCUT2D eigenvalue weighted by molar-refractivity contribution is 9.10. The van der Waals surface area contributed by atoms with Gasteiger partial charge in [-0.15, -0.1) is 0 Å². The van der Waals surface area contributed by atoms with E-state index in [0.717, 1.165) is 6.42 Å². The zero-order valence-electron chi connectivity index (χ0n) is 15.3. The van der Waals surface area contributed by atoms with Crippen molar-refractivity contribution in [1.82, 2.24) is 0 Å². The number of ether oxygens (including phenoxy) is 2. The second-order valence-electron chi connectivity index (χ2n) is 6.27. The predicted molar refractivity (Wildman–Crippen MR) is 107 cm³/mol. The lowest BCUT2D eigenvalue weighted by Crippen LogP contribution is -2.13. The first kappa shape index (κ1) is 20.7. The first-order chi connectivity index (χ1) is 12.8. The lowest BCUT2D eigenvalue weighted by molar-refractivity contribution is -0.384. The van der Waals surface area contributed by atoms with Crippen LogP contribution in [0.5, 0.6) is 11.5 Å². The Hall–Kier alpha value is -2.61. The second kappa shape index (κ2) is 9.36. The fraction of sp³-hybridized carbons (Fsp3) is 0.316. The van der Waals surface area contributed by atoms with Crippen LogP contribution in [0.1, 0.15) is 30.6 Å². The van der Waals surface area contributed by atoms with Crippen molar-refractivity contribution in [3.05, 3.63) is 56.5 Å². The van der Waals surface area contributed by atoms with E-state index in [-0.39, 0.29) is 17.3 Å². The second-order valence-corrected chi connectivity index (χ2v) is 7.13. The van der Waals surface area contributed by atoms with Crippen LogP contribution in [0, 0.1) is 16.0 Å². The Balaban J connectivity index is 2.12. The van der Waals surface area contributed by atoms with Crippen LogP contribution < -0.4 is 14.8 Å². The Morgan fingerprint density at radius 3 is 2.56 bits per heavy atom. The van der Waals surface area contributed by atoms with Crippen LogP contribution in [0.15, 0.2) is 40.9 Å². The largest absolute Gasteiger partial charge is 0.494 e. The number of carbonyl (C=O) groups is 1. The van der Waals surface area contributed by atoms with Crippen molar-refractivity contribution in [2.45, 2.75) is 20.3 Å². The first-order valence-corrected chi connectivity index (χ1v) is 9.17. The number of halogens is 1. The summed E-state index contributed by atoms with van der Waals surface area (Å²) in [5, 5.41) is 13.6. The summed E-state index contributed by atoms with van der Waals surface area (Å²) in [6, 6.07) is 9.05. The van der Waals surface area contributed by atoms with E-state index in [1.54, 1.807) is 18.2 Å². The van der Waals surface area contributed by atoms with E-state index in [2.05, 4.69) is 35.1 Å². The van der Waals surface area contributed by atoms with Gasteiger partial charge in [0.25, 0.3) is 11.6 Å². The predicted octanol–water partition coefficient (Wildman–Crippen LogP) is 5.04. The van der Waals surface area contributed by atoms with Crippen LogP contribution in [0.4, 0.5) is 11.4 Å². The summed E-state index contributed by atoms with van der Waals surface area (Å²) in [4.78, 5) is 22.8. The summed E-state index contributed by atoms with van der Waals surface area (Å²) in [5.74, 6) is 1.06. The molecule has 7 nitrogen and oxygen atoms in total. The maximum absolute atomic E-state index is 12.5. The van der Waals surface area contributed by atoms with Gasteiger partial charge in [-0.05, 0) is 52.5 Å². The van der Waals surface area contributed by atoms with Gasteiger partial charge in [0.1, 0.15) is 11.5 Å². The third kappa shape index (κ3) is 5.68. The number of hydrogen-bond donors (Lipinski definition) is 1. The average Bonchev–Trinajstić information content (AvgIpc) is 2.62. The van der Waals surface area contributed by atoms with Crippen LogP contribution in [0.2, 0.25) is 0 Å². The minimum Gasteiger partial charge on any atom is -0.494 e. The molecule has 0 radical (unpaired) electrons. The van der Waals surface area contributed by atoms with E-state index >= 15 is 0 Å². The van der Waals surface area contributed by atoms with Crippen molar-refractivity contribution in [3.63, 3.8) is 0 Å². The maximum atomic E-state index is 12.5. The summed E-state index contributed by atoms with van der Waals surface area (Å²) in [7, 11) is 1.38. The molecule has 0 spiro atoms. The zero-order valence-corrected chi connectivity index (χ0v) is 16.9. The van der Waals surface area contributed by atoms with Gasteiger partial charge in [-0.25, -0.2) is 0 Å². The molecule has 0 saturated heterocycles. The van der Waals surface area contributed by atoms with Crippen molar-refractivity contribution < 1.29 is 19.2 Å². The number of rotatable bonds is 8. The Kier molecular flexibility index (Phi) is 7.18. The number of benzene rings is 2. The van der Waals surface area contributed by atoms with Gasteiger partial charge in [0.15, 0.2) is 0 Å². The van der Waals surface area contributed by atoms with E-state index < -0.39 is 4.92 Å². The van der Waals surface area contributed by atoms with Crippen LogP contribution in [0.3, 0.4) is 0 Å². The molecule has 0 aliphatic heterocycles. The Morgan fingerprint density at radius 1 is 1.22 bits per heavy atom. The molecular weight excluding hydrogens is 416 g/mol. The van der Waals surface area contributed by atoms with Crippen molar-refractivity contribution in [2.75, 3.05) is 19.0 Å². The molecule has 0 saturated carbocycles. The molecule has 1 N–H and O–H groups in total. The molecular formula is C19H21BrN2O5. The monoisotopic (exact) mass is 436 g/mol. The Morgan fingerprint density at radius 2 is 1.96 bits per heavy atom. The molecule has 8 heteroatoms. The number of anilines is 1.